The highest BCUT2D eigenvalue weighted by Gasteiger charge is 2.23. The third-order valence-corrected chi connectivity index (χ3v) is 5.15. The second kappa shape index (κ2) is 6.83. The van der Waals surface area contributed by atoms with E-state index in [-0.39, 0.29) is 0 Å². The van der Waals surface area contributed by atoms with E-state index >= 15 is 0 Å². The maximum absolute atomic E-state index is 9.28. The first-order valence-corrected chi connectivity index (χ1v) is 8.45. The van der Waals surface area contributed by atoms with Gasteiger partial charge in [-0.3, -0.25) is 0 Å². The lowest BCUT2D eigenvalue weighted by molar-refractivity contribution is 0.884. The molecule has 2 aromatic rings. The van der Waals surface area contributed by atoms with Crippen LogP contribution in [0.15, 0.2) is 41.3 Å². The van der Waals surface area contributed by atoms with Gasteiger partial charge >= 0.3 is 0 Å². The van der Waals surface area contributed by atoms with E-state index in [1.54, 1.807) is 0 Å². The van der Waals surface area contributed by atoms with E-state index in [9.17, 15) is 5.26 Å². The zero-order valence-corrected chi connectivity index (χ0v) is 13.9. The van der Waals surface area contributed by atoms with Crippen LogP contribution in [0.25, 0.3) is 0 Å². The standard InChI is InChI=1S/C17H15NS.C2H6/c1-11-5-3-8-15-12(2)14-7-4-6-13(9-18)16(14)10-19-17(11)15;1-2/h3-8,12H,10H2,1-2H3;1-2H3. The number of aryl methyl sites for hydroxylation is 1. The summed E-state index contributed by atoms with van der Waals surface area (Å²) in [6.45, 7) is 8.41. The Morgan fingerprint density at radius 3 is 2.48 bits per heavy atom. The summed E-state index contributed by atoms with van der Waals surface area (Å²) < 4.78 is 0. The van der Waals surface area contributed by atoms with Crippen LogP contribution in [0.4, 0.5) is 0 Å². The van der Waals surface area contributed by atoms with Crippen molar-refractivity contribution in [1.29, 1.82) is 5.26 Å². The Bertz CT molecular complexity index is 682. The summed E-state index contributed by atoms with van der Waals surface area (Å²) in [6.07, 6.45) is 0. The molecule has 1 atom stereocenters. The van der Waals surface area contributed by atoms with Gasteiger partial charge in [0.1, 0.15) is 0 Å². The summed E-state index contributed by atoms with van der Waals surface area (Å²) >= 11 is 1.86. The fourth-order valence-corrected chi connectivity index (χ4v) is 4.12. The third-order valence-electron chi connectivity index (χ3n) is 3.87. The molecular formula is C19H21NS. The molecule has 0 saturated carbocycles. The Labute approximate surface area is 132 Å². The molecule has 0 aliphatic carbocycles. The summed E-state index contributed by atoms with van der Waals surface area (Å²) in [4.78, 5) is 1.38. The molecule has 0 amide bonds. The molecule has 108 valence electrons. The van der Waals surface area contributed by atoms with Crippen molar-refractivity contribution in [2.45, 2.75) is 44.3 Å². The molecule has 21 heavy (non-hydrogen) atoms. The van der Waals surface area contributed by atoms with Gasteiger partial charge in [0.25, 0.3) is 0 Å². The molecular weight excluding hydrogens is 274 g/mol. The van der Waals surface area contributed by atoms with Crippen LogP contribution in [0.1, 0.15) is 54.5 Å². The Kier molecular flexibility index (Phi) is 5.09. The number of rotatable bonds is 0. The first kappa shape index (κ1) is 15.7. The summed E-state index contributed by atoms with van der Waals surface area (Å²) in [7, 11) is 0. The number of hydrogen-bond donors (Lipinski definition) is 0. The largest absolute Gasteiger partial charge is 0.192 e. The fourth-order valence-electron chi connectivity index (χ4n) is 2.80. The smallest absolute Gasteiger partial charge is 0.0994 e. The molecule has 3 rings (SSSR count). The number of hydrogen-bond acceptors (Lipinski definition) is 2. The van der Waals surface area contributed by atoms with E-state index in [2.05, 4.69) is 44.2 Å². The summed E-state index contributed by atoms with van der Waals surface area (Å²) in [5.41, 5.74) is 6.05. The van der Waals surface area contributed by atoms with Crippen LogP contribution in [0.5, 0.6) is 0 Å². The van der Waals surface area contributed by atoms with Crippen molar-refractivity contribution in [3.63, 3.8) is 0 Å². The molecule has 1 unspecified atom stereocenters. The lowest BCUT2D eigenvalue weighted by atomic mass is 9.88. The number of nitriles is 1. The zero-order chi connectivity index (χ0) is 15.4. The molecule has 1 heterocycles. The van der Waals surface area contributed by atoms with Crippen molar-refractivity contribution >= 4 is 11.8 Å². The fraction of sp³-hybridized carbons (Fsp3) is 0.316. The number of nitrogens with zero attached hydrogens (tertiary/aromatic N) is 1. The van der Waals surface area contributed by atoms with E-state index < -0.39 is 0 Å². The summed E-state index contributed by atoms with van der Waals surface area (Å²) in [5, 5.41) is 9.28. The monoisotopic (exact) mass is 295 g/mol. The first-order chi connectivity index (χ1) is 10.2. The van der Waals surface area contributed by atoms with Crippen LogP contribution in [0, 0.1) is 18.3 Å². The maximum atomic E-state index is 9.28. The van der Waals surface area contributed by atoms with Gasteiger partial charge < -0.3 is 0 Å². The molecule has 1 aliphatic rings. The van der Waals surface area contributed by atoms with Gasteiger partial charge in [-0.15, -0.1) is 11.8 Å². The highest BCUT2D eigenvalue weighted by Crippen LogP contribution is 2.42. The minimum atomic E-state index is 0.355. The predicted octanol–water partition coefficient (Wildman–Crippen LogP) is 5.65. The molecule has 2 heteroatoms. The molecule has 0 bridgehead atoms. The average Bonchev–Trinajstić information content (AvgIpc) is 2.68. The van der Waals surface area contributed by atoms with Gasteiger partial charge in [0, 0.05) is 16.6 Å². The lowest BCUT2D eigenvalue weighted by Crippen LogP contribution is -2.01. The SMILES string of the molecule is CC.Cc1cccc2c1SCc1c(C#N)cccc1C2C. The molecule has 1 aliphatic heterocycles. The second-order valence-corrected chi connectivity index (χ2v) is 5.97. The van der Waals surface area contributed by atoms with E-state index in [4.69, 9.17) is 0 Å². The van der Waals surface area contributed by atoms with Crippen LogP contribution >= 0.6 is 11.8 Å². The number of thioether (sulfide) groups is 1. The molecule has 0 radical (unpaired) electrons. The number of benzene rings is 2. The van der Waals surface area contributed by atoms with Gasteiger partial charge in [0.15, 0.2) is 0 Å². The Balaban J connectivity index is 0.000000774. The first-order valence-electron chi connectivity index (χ1n) is 7.46. The van der Waals surface area contributed by atoms with Crippen molar-refractivity contribution < 1.29 is 0 Å². The Morgan fingerprint density at radius 2 is 1.76 bits per heavy atom. The minimum absolute atomic E-state index is 0.355. The quantitative estimate of drug-likeness (QED) is 0.627. The molecule has 0 saturated heterocycles. The van der Waals surface area contributed by atoms with Crippen LogP contribution in [0.2, 0.25) is 0 Å². The van der Waals surface area contributed by atoms with Crippen LogP contribution in [0.3, 0.4) is 0 Å². The van der Waals surface area contributed by atoms with Crippen LogP contribution in [-0.2, 0) is 5.75 Å². The second-order valence-electron chi connectivity index (χ2n) is 4.99. The van der Waals surface area contributed by atoms with Crippen molar-refractivity contribution in [2.75, 3.05) is 0 Å². The van der Waals surface area contributed by atoms with E-state index in [1.165, 1.54) is 27.1 Å². The van der Waals surface area contributed by atoms with Gasteiger partial charge in [-0.25, -0.2) is 0 Å². The minimum Gasteiger partial charge on any atom is -0.192 e. The molecule has 2 aromatic carbocycles. The molecule has 0 aromatic heterocycles. The summed E-state index contributed by atoms with van der Waals surface area (Å²) in [5.74, 6) is 1.24. The highest BCUT2D eigenvalue weighted by molar-refractivity contribution is 7.98. The van der Waals surface area contributed by atoms with Gasteiger partial charge in [-0.1, -0.05) is 51.1 Å². The van der Waals surface area contributed by atoms with Gasteiger partial charge in [-0.05, 0) is 35.2 Å². The Morgan fingerprint density at radius 1 is 1.10 bits per heavy atom. The van der Waals surface area contributed by atoms with Crippen molar-refractivity contribution in [1.82, 2.24) is 0 Å². The molecule has 0 N–H and O–H groups in total. The van der Waals surface area contributed by atoms with Crippen molar-refractivity contribution in [2.24, 2.45) is 0 Å². The van der Waals surface area contributed by atoms with E-state index in [1.807, 2.05) is 37.7 Å². The molecule has 1 nitrogen and oxygen atoms in total. The maximum Gasteiger partial charge on any atom is 0.0994 e. The van der Waals surface area contributed by atoms with E-state index in [0.717, 1.165) is 11.3 Å². The topological polar surface area (TPSA) is 23.8 Å². The van der Waals surface area contributed by atoms with E-state index in [0.29, 0.717) is 5.92 Å². The van der Waals surface area contributed by atoms with Gasteiger partial charge in [-0.2, -0.15) is 5.26 Å². The zero-order valence-electron chi connectivity index (χ0n) is 13.1. The lowest BCUT2D eigenvalue weighted by Gasteiger charge is -2.16. The van der Waals surface area contributed by atoms with Crippen LogP contribution in [-0.4, -0.2) is 0 Å². The van der Waals surface area contributed by atoms with Crippen LogP contribution < -0.4 is 0 Å². The predicted molar refractivity (Wildman–Crippen MR) is 90.8 cm³/mol. The van der Waals surface area contributed by atoms with Gasteiger partial charge in [0.05, 0.1) is 11.6 Å². The number of fused-ring (bicyclic) bond motifs is 2. The summed E-state index contributed by atoms with van der Waals surface area (Å²) in [6, 6.07) is 14.9. The highest BCUT2D eigenvalue weighted by atomic mass is 32.2. The van der Waals surface area contributed by atoms with Crippen molar-refractivity contribution in [3.8, 4) is 6.07 Å². The van der Waals surface area contributed by atoms with Gasteiger partial charge in [0.2, 0.25) is 0 Å². The molecule has 0 spiro atoms. The molecule has 0 fully saturated rings. The average molecular weight is 295 g/mol. The Hall–Kier alpha value is -1.72. The normalized spacial score (nSPS) is 15.7. The third kappa shape index (κ3) is 2.84. The van der Waals surface area contributed by atoms with Crippen molar-refractivity contribution in [3.05, 3.63) is 64.2 Å².